The number of benzene rings is 1. The van der Waals surface area contributed by atoms with E-state index < -0.39 is 0 Å². The highest BCUT2D eigenvalue weighted by Crippen LogP contribution is 2.32. The fourth-order valence-electron chi connectivity index (χ4n) is 2.28. The van der Waals surface area contributed by atoms with Crippen molar-refractivity contribution in [3.8, 4) is 5.75 Å². The summed E-state index contributed by atoms with van der Waals surface area (Å²) in [6, 6.07) is 3.62. The van der Waals surface area contributed by atoms with Crippen LogP contribution in [0.1, 0.15) is 31.7 Å². The minimum absolute atomic E-state index is 0.324. The van der Waals surface area contributed by atoms with E-state index in [0.717, 1.165) is 43.7 Å². The SMILES string of the molecule is CCCOc1c(Cl)cc(Cl)cc1CNC[C@@H]1CCCO1. The maximum absolute atomic E-state index is 6.21. The predicted molar refractivity (Wildman–Crippen MR) is 82.9 cm³/mol. The van der Waals surface area contributed by atoms with E-state index >= 15 is 0 Å². The van der Waals surface area contributed by atoms with E-state index in [0.29, 0.717) is 29.3 Å². The van der Waals surface area contributed by atoms with E-state index in [9.17, 15) is 0 Å². The minimum Gasteiger partial charge on any atom is -0.492 e. The summed E-state index contributed by atoms with van der Waals surface area (Å²) < 4.78 is 11.3. The molecule has 0 saturated carbocycles. The average Bonchev–Trinajstić information content (AvgIpc) is 2.91. The fourth-order valence-corrected chi connectivity index (χ4v) is 2.87. The Morgan fingerprint density at radius 2 is 2.25 bits per heavy atom. The minimum atomic E-state index is 0.324. The van der Waals surface area contributed by atoms with Crippen LogP contribution < -0.4 is 10.1 Å². The summed E-state index contributed by atoms with van der Waals surface area (Å²) in [5, 5.41) is 4.59. The quantitative estimate of drug-likeness (QED) is 0.823. The van der Waals surface area contributed by atoms with E-state index in [4.69, 9.17) is 32.7 Å². The van der Waals surface area contributed by atoms with Crippen molar-refractivity contribution in [1.29, 1.82) is 0 Å². The van der Waals surface area contributed by atoms with Crippen LogP contribution in [-0.2, 0) is 11.3 Å². The van der Waals surface area contributed by atoms with Gasteiger partial charge in [0.1, 0.15) is 5.75 Å². The molecule has 1 aliphatic heterocycles. The molecule has 1 atom stereocenters. The molecule has 1 fully saturated rings. The van der Waals surface area contributed by atoms with Gasteiger partial charge in [-0.15, -0.1) is 0 Å². The van der Waals surface area contributed by atoms with Crippen LogP contribution in [0.25, 0.3) is 0 Å². The first-order chi connectivity index (χ1) is 9.70. The van der Waals surface area contributed by atoms with Gasteiger partial charge in [0.2, 0.25) is 0 Å². The summed E-state index contributed by atoms with van der Waals surface area (Å²) in [7, 11) is 0. The van der Waals surface area contributed by atoms with Gasteiger partial charge in [-0.1, -0.05) is 30.1 Å². The molecule has 1 N–H and O–H groups in total. The molecule has 1 aromatic rings. The van der Waals surface area contributed by atoms with E-state index in [-0.39, 0.29) is 0 Å². The third kappa shape index (κ3) is 4.52. The normalized spacial score (nSPS) is 18.4. The summed E-state index contributed by atoms with van der Waals surface area (Å²) in [5.74, 6) is 0.734. The number of hydrogen-bond donors (Lipinski definition) is 1. The van der Waals surface area contributed by atoms with Crippen molar-refractivity contribution in [3.63, 3.8) is 0 Å². The Bertz CT molecular complexity index is 434. The topological polar surface area (TPSA) is 30.5 Å². The molecule has 0 unspecified atom stereocenters. The van der Waals surface area contributed by atoms with Crippen LogP contribution in [0, 0.1) is 0 Å². The molecule has 1 heterocycles. The number of ether oxygens (including phenoxy) is 2. The first-order valence-electron chi connectivity index (χ1n) is 7.13. The molecule has 0 radical (unpaired) electrons. The van der Waals surface area contributed by atoms with Crippen LogP contribution in [0.3, 0.4) is 0 Å². The molecule has 5 heteroatoms. The zero-order chi connectivity index (χ0) is 14.4. The lowest BCUT2D eigenvalue weighted by Crippen LogP contribution is -2.26. The van der Waals surface area contributed by atoms with Crippen molar-refractivity contribution in [3.05, 3.63) is 27.7 Å². The summed E-state index contributed by atoms with van der Waals surface area (Å²) in [6.45, 7) is 5.12. The monoisotopic (exact) mass is 317 g/mol. The molecule has 112 valence electrons. The molecule has 0 spiro atoms. The van der Waals surface area contributed by atoms with Crippen molar-refractivity contribution in [1.82, 2.24) is 5.32 Å². The van der Waals surface area contributed by atoms with Gasteiger partial charge in [0.25, 0.3) is 0 Å². The molecular formula is C15H21Cl2NO2. The maximum atomic E-state index is 6.21. The number of hydrogen-bond acceptors (Lipinski definition) is 3. The third-order valence-electron chi connectivity index (χ3n) is 3.25. The Labute approximate surface area is 130 Å². The first-order valence-corrected chi connectivity index (χ1v) is 7.89. The zero-order valence-electron chi connectivity index (χ0n) is 11.8. The molecule has 1 aromatic carbocycles. The summed E-state index contributed by atoms with van der Waals surface area (Å²) in [4.78, 5) is 0. The Balaban J connectivity index is 1.96. The summed E-state index contributed by atoms with van der Waals surface area (Å²) in [6.07, 6.45) is 3.55. The van der Waals surface area contributed by atoms with Gasteiger partial charge in [-0.25, -0.2) is 0 Å². The fraction of sp³-hybridized carbons (Fsp3) is 0.600. The third-order valence-corrected chi connectivity index (χ3v) is 3.75. The summed E-state index contributed by atoms with van der Waals surface area (Å²) in [5.41, 5.74) is 0.994. The predicted octanol–water partition coefficient (Wildman–Crippen LogP) is 4.05. The molecule has 20 heavy (non-hydrogen) atoms. The van der Waals surface area contributed by atoms with Gasteiger partial charge < -0.3 is 14.8 Å². The van der Waals surface area contributed by atoms with Gasteiger partial charge >= 0.3 is 0 Å². The molecular weight excluding hydrogens is 297 g/mol. The lowest BCUT2D eigenvalue weighted by Gasteiger charge is -2.15. The van der Waals surface area contributed by atoms with Gasteiger partial charge in [-0.3, -0.25) is 0 Å². The van der Waals surface area contributed by atoms with Crippen molar-refractivity contribution in [2.24, 2.45) is 0 Å². The van der Waals surface area contributed by atoms with Crippen LogP contribution in [0.4, 0.5) is 0 Å². The second-order valence-electron chi connectivity index (χ2n) is 4.99. The molecule has 0 bridgehead atoms. The number of rotatable bonds is 7. The second-order valence-corrected chi connectivity index (χ2v) is 5.83. The van der Waals surface area contributed by atoms with Crippen LogP contribution in [-0.4, -0.2) is 25.9 Å². The molecule has 2 rings (SSSR count). The molecule has 0 aliphatic carbocycles. The lowest BCUT2D eigenvalue weighted by molar-refractivity contribution is 0.110. The van der Waals surface area contributed by atoms with Gasteiger partial charge in [-0.05, 0) is 31.4 Å². The standard InChI is InChI=1S/C15H21Cl2NO2/c1-2-5-20-15-11(7-12(16)8-14(15)17)9-18-10-13-4-3-6-19-13/h7-8,13,18H,2-6,9-10H2,1H3/t13-/m0/s1. The van der Waals surface area contributed by atoms with Gasteiger partial charge in [0.05, 0.1) is 17.7 Å². The first kappa shape index (κ1) is 15.9. The van der Waals surface area contributed by atoms with Crippen molar-refractivity contribution < 1.29 is 9.47 Å². The van der Waals surface area contributed by atoms with E-state index in [2.05, 4.69) is 12.2 Å². The highest BCUT2D eigenvalue weighted by atomic mass is 35.5. The van der Waals surface area contributed by atoms with E-state index in [1.165, 1.54) is 0 Å². The Kier molecular flexibility index (Phi) is 6.43. The highest BCUT2D eigenvalue weighted by Gasteiger charge is 2.16. The van der Waals surface area contributed by atoms with E-state index in [1.54, 1.807) is 6.07 Å². The van der Waals surface area contributed by atoms with Crippen molar-refractivity contribution in [2.45, 2.75) is 38.8 Å². The Morgan fingerprint density at radius 3 is 2.95 bits per heavy atom. The van der Waals surface area contributed by atoms with Crippen LogP contribution in [0.2, 0.25) is 10.0 Å². The molecule has 0 aromatic heterocycles. The van der Waals surface area contributed by atoms with Crippen molar-refractivity contribution in [2.75, 3.05) is 19.8 Å². The molecule has 1 aliphatic rings. The molecule has 1 saturated heterocycles. The maximum Gasteiger partial charge on any atom is 0.142 e. The van der Waals surface area contributed by atoms with Gasteiger partial charge in [-0.2, -0.15) is 0 Å². The zero-order valence-corrected chi connectivity index (χ0v) is 13.3. The number of halogens is 2. The van der Waals surface area contributed by atoms with Crippen LogP contribution in [0.15, 0.2) is 12.1 Å². The average molecular weight is 318 g/mol. The van der Waals surface area contributed by atoms with E-state index in [1.807, 2.05) is 6.07 Å². The largest absolute Gasteiger partial charge is 0.492 e. The summed E-state index contributed by atoms with van der Waals surface area (Å²) >= 11 is 12.3. The smallest absolute Gasteiger partial charge is 0.142 e. The Hall–Kier alpha value is -0.480. The van der Waals surface area contributed by atoms with Gasteiger partial charge in [0.15, 0.2) is 0 Å². The van der Waals surface area contributed by atoms with Gasteiger partial charge in [0, 0.05) is 30.3 Å². The lowest BCUT2D eigenvalue weighted by atomic mass is 10.2. The Morgan fingerprint density at radius 1 is 1.40 bits per heavy atom. The molecule has 0 amide bonds. The molecule has 3 nitrogen and oxygen atoms in total. The van der Waals surface area contributed by atoms with Crippen LogP contribution in [0.5, 0.6) is 5.75 Å². The second kappa shape index (κ2) is 8.08. The number of nitrogens with one attached hydrogen (secondary N) is 1. The van der Waals surface area contributed by atoms with Crippen LogP contribution >= 0.6 is 23.2 Å². The van der Waals surface area contributed by atoms with Crippen molar-refractivity contribution >= 4 is 23.2 Å². The highest BCUT2D eigenvalue weighted by molar-refractivity contribution is 6.35.